The van der Waals surface area contributed by atoms with Crippen molar-refractivity contribution in [2.75, 3.05) is 5.75 Å². The largest absolute Gasteiger partial charge is 0.260 e. The Hall–Kier alpha value is -0.500. The lowest BCUT2D eigenvalue weighted by Gasteiger charge is -2.25. The van der Waals surface area contributed by atoms with Gasteiger partial charge in [0, 0.05) is 11.9 Å². The highest BCUT2D eigenvalue weighted by Gasteiger charge is 2.25. The number of rotatable bonds is 2. The molecule has 1 atom stereocenters. The second-order valence-corrected chi connectivity index (χ2v) is 6.71. The molecule has 1 aliphatic heterocycles. The minimum Gasteiger partial charge on any atom is -0.260 e. The first-order valence-electron chi connectivity index (χ1n) is 6.66. The summed E-state index contributed by atoms with van der Waals surface area (Å²) >= 11 is 2.04. The molecule has 94 valence electrons. The molecule has 1 aromatic rings. The van der Waals surface area contributed by atoms with Crippen molar-refractivity contribution in [3.05, 3.63) is 29.1 Å². The summed E-state index contributed by atoms with van der Waals surface area (Å²) in [6, 6.07) is 2.23. The molecule has 17 heavy (non-hydrogen) atoms. The smallest absolute Gasteiger partial charge is 0.0540 e. The van der Waals surface area contributed by atoms with Crippen molar-refractivity contribution < 1.29 is 0 Å². The summed E-state index contributed by atoms with van der Waals surface area (Å²) in [5.74, 6) is 4.40. The molecule has 0 aliphatic carbocycles. The Morgan fingerprint density at radius 2 is 2.06 bits per heavy atom. The third-order valence-electron chi connectivity index (χ3n) is 3.72. The van der Waals surface area contributed by atoms with Gasteiger partial charge in [-0.2, -0.15) is 11.8 Å². The summed E-state index contributed by atoms with van der Waals surface area (Å²) in [6.07, 6.45) is 3.30. The maximum absolute atomic E-state index is 4.63. The summed E-state index contributed by atoms with van der Waals surface area (Å²) in [5, 5.41) is 0. The van der Waals surface area contributed by atoms with Gasteiger partial charge in [-0.05, 0) is 47.1 Å². The second kappa shape index (κ2) is 5.43. The number of pyridine rings is 1. The quantitative estimate of drug-likeness (QED) is 0.761. The number of fused-ring (bicyclic) bond motifs is 1. The zero-order valence-electron chi connectivity index (χ0n) is 11.4. The summed E-state index contributed by atoms with van der Waals surface area (Å²) in [7, 11) is 0. The van der Waals surface area contributed by atoms with Crippen molar-refractivity contribution in [1.82, 2.24) is 4.98 Å². The van der Waals surface area contributed by atoms with Gasteiger partial charge in [0.1, 0.15) is 0 Å². The highest BCUT2D eigenvalue weighted by atomic mass is 32.2. The first kappa shape index (κ1) is 12.9. The Morgan fingerprint density at radius 1 is 1.29 bits per heavy atom. The van der Waals surface area contributed by atoms with Gasteiger partial charge in [-0.25, -0.2) is 0 Å². The van der Waals surface area contributed by atoms with Crippen LogP contribution in [0, 0.1) is 5.92 Å². The fourth-order valence-electron chi connectivity index (χ4n) is 2.77. The number of hydrogen-bond donors (Lipinski definition) is 0. The van der Waals surface area contributed by atoms with E-state index >= 15 is 0 Å². The predicted octanol–water partition coefficient (Wildman–Crippen LogP) is 4.58. The molecule has 0 bridgehead atoms. The lowest BCUT2D eigenvalue weighted by Crippen LogP contribution is -2.13. The van der Waals surface area contributed by atoms with E-state index in [4.69, 9.17) is 0 Å². The van der Waals surface area contributed by atoms with E-state index in [9.17, 15) is 0 Å². The van der Waals surface area contributed by atoms with Crippen LogP contribution in [-0.2, 0) is 5.75 Å². The molecule has 0 radical (unpaired) electrons. The minimum atomic E-state index is 0.607. The van der Waals surface area contributed by atoms with Crippen LogP contribution in [0.2, 0.25) is 0 Å². The summed E-state index contributed by atoms with van der Waals surface area (Å²) < 4.78 is 0. The van der Waals surface area contributed by atoms with E-state index in [0.29, 0.717) is 17.8 Å². The van der Waals surface area contributed by atoms with Crippen molar-refractivity contribution in [3.63, 3.8) is 0 Å². The Bertz CT molecular complexity index is 385. The van der Waals surface area contributed by atoms with Crippen LogP contribution in [0.4, 0.5) is 0 Å². The Balaban J connectivity index is 2.52. The average Bonchev–Trinajstić information content (AvgIpc) is 2.50. The van der Waals surface area contributed by atoms with E-state index in [1.165, 1.54) is 23.4 Å². The molecule has 1 unspecified atom stereocenters. The lowest BCUT2D eigenvalue weighted by atomic mass is 9.80. The van der Waals surface area contributed by atoms with Crippen molar-refractivity contribution in [2.24, 2.45) is 5.92 Å². The number of hydrogen-bond acceptors (Lipinski definition) is 2. The van der Waals surface area contributed by atoms with E-state index in [1.54, 1.807) is 5.56 Å². The van der Waals surface area contributed by atoms with Gasteiger partial charge < -0.3 is 0 Å². The number of nitrogens with zero attached hydrogens (tertiary/aromatic N) is 1. The molecule has 2 rings (SSSR count). The highest BCUT2D eigenvalue weighted by Crippen LogP contribution is 2.39. The van der Waals surface area contributed by atoms with E-state index in [2.05, 4.69) is 38.7 Å². The first-order valence-corrected chi connectivity index (χ1v) is 7.82. The Labute approximate surface area is 109 Å². The molecule has 0 saturated carbocycles. The molecule has 0 saturated heterocycles. The molecule has 1 aromatic heterocycles. The second-order valence-electron chi connectivity index (χ2n) is 5.61. The Morgan fingerprint density at radius 3 is 2.71 bits per heavy atom. The molecule has 2 heterocycles. The molecule has 1 aliphatic rings. The van der Waals surface area contributed by atoms with Crippen LogP contribution in [0.25, 0.3) is 0 Å². The fraction of sp³-hybridized carbons (Fsp3) is 0.667. The van der Waals surface area contributed by atoms with Gasteiger partial charge in [-0.15, -0.1) is 0 Å². The third-order valence-corrected chi connectivity index (χ3v) is 4.72. The topological polar surface area (TPSA) is 12.9 Å². The molecule has 0 amide bonds. The van der Waals surface area contributed by atoms with Gasteiger partial charge in [-0.3, -0.25) is 4.98 Å². The van der Waals surface area contributed by atoms with Crippen LogP contribution >= 0.6 is 11.8 Å². The minimum absolute atomic E-state index is 0.607. The lowest BCUT2D eigenvalue weighted by molar-refractivity contribution is 0.481. The SMILES string of the molecule is CC(C)c1ccnc2c1C(C(C)C)CCSC2. The Kier molecular flexibility index (Phi) is 4.13. The summed E-state index contributed by atoms with van der Waals surface area (Å²) in [4.78, 5) is 4.63. The maximum Gasteiger partial charge on any atom is 0.0540 e. The van der Waals surface area contributed by atoms with Gasteiger partial charge in [0.15, 0.2) is 0 Å². The van der Waals surface area contributed by atoms with E-state index < -0.39 is 0 Å². The van der Waals surface area contributed by atoms with Crippen LogP contribution in [0.1, 0.15) is 62.8 Å². The van der Waals surface area contributed by atoms with Crippen LogP contribution < -0.4 is 0 Å². The third kappa shape index (κ3) is 2.67. The first-order chi connectivity index (χ1) is 8.11. The van der Waals surface area contributed by atoms with Gasteiger partial charge >= 0.3 is 0 Å². The van der Waals surface area contributed by atoms with Gasteiger partial charge in [0.25, 0.3) is 0 Å². The summed E-state index contributed by atoms with van der Waals surface area (Å²) in [6.45, 7) is 9.29. The van der Waals surface area contributed by atoms with Crippen molar-refractivity contribution in [2.45, 2.75) is 51.7 Å². The van der Waals surface area contributed by atoms with Crippen molar-refractivity contribution in [1.29, 1.82) is 0 Å². The molecular weight excluding hydrogens is 226 g/mol. The predicted molar refractivity (Wildman–Crippen MR) is 76.7 cm³/mol. The molecule has 2 heteroatoms. The van der Waals surface area contributed by atoms with E-state index in [1.807, 2.05) is 18.0 Å². The van der Waals surface area contributed by atoms with E-state index in [-0.39, 0.29) is 0 Å². The van der Waals surface area contributed by atoms with Crippen LogP contribution in [0.15, 0.2) is 12.3 Å². The number of thioether (sulfide) groups is 1. The van der Waals surface area contributed by atoms with Crippen LogP contribution in [-0.4, -0.2) is 10.7 Å². The van der Waals surface area contributed by atoms with Gasteiger partial charge in [0.05, 0.1) is 5.69 Å². The zero-order chi connectivity index (χ0) is 12.4. The maximum atomic E-state index is 4.63. The molecule has 0 N–H and O–H groups in total. The van der Waals surface area contributed by atoms with Gasteiger partial charge in [-0.1, -0.05) is 27.7 Å². The van der Waals surface area contributed by atoms with Crippen molar-refractivity contribution in [3.8, 4) is 0 Å². The molecule has 1 nitrogen and oxygen atoms in total. The number of aromatic nitrogens is 1. The zero-order valence-corrected chi connectivity index (χ0v) is 12.2. The summed E-state index contributed by atoms with van der Waals surface area (Å²) in [5.41, 5.74) is 4.44. The molecule has 0 fully saturated rings. The fourth-order valence-corrected chi connectivity index (χ4v) is 3.76. The van der Waals surface area contributed by atoms with Crippen LogP contribution in [0.3, 0.4) is 0 Å². The normalized spacial score (nSPS) is 20.5. The highest BCUT2D eigenvalue weighted by molar-refractivity contribution is 7.98. The van der Waals surface area contributed by atoms with Crippen molar-refractivity contribution >= 4 is 11.8 Å². The monoisotopic (exact) mass is 249 g/mol. The van der Waals surface area contributed by atoms with E-state index in [0.717, 1.165) is 5.75 Å². The molecule has 0 aromatic carbocycles. The molecular formula is C15H23NS. The van der Waals surface area contributed by atoms with Crippen LogP contribution in [0.5, 0.6) is 0 Å². The van der Waals surface area contributed by atoms with Gasteiger partial charge in [0.2, 0.25) is 0 Å². The molecule has 0 spiro atoms. The standard InChI is InChI=1S/C15H23NS/c1-10(2)12-5-7-16-14-9-17-8-6-13(11(3)4)15(12)14/h5,7,10-11,13H,6,8-9H2,1-4H3. The average molecular weight is 249 g/mol.